The summed E-state index contributed by atoms with van der Waals surface area (Å²) in [6, 6.07) is 18.8. The number of benzene rings is 3. The minimum atomic E-state index is -3.79. The van der Waals surface area contributed by atoms with Crippen LogP contribution < -0.4 is 9.46 Å². The molecule has 0 bridgehead atoms. The lowest BCUT2D eigenvalue weighted by molar-refractivity contribution is 0.0697. The summed E-state index contributed by atoms with van der Waals surface area (Å²) in [5.74, 6) is -0.755. The maximum atomic E-state index is 12.6. The molecule has 2 N–H and O–H groups in total. The molecule has 144 valence electrons. The molecule has 3 aromatic rings. The Balaban J connectivity index is 1.80. The van der Waals surface area contributed by atoms with E-state index in [4.69, 9.17) is 21.4 Å². The van der Waals surface area contributed by atoms with Crippen molar-refractivity contribution in [3.05, 3.63) is 88.9 Å². The average molecular weight is 418 g/mol. The van der Waals surface area contributed by atoms with Crippen molar-refractivity contribution in [2.24, 2.45) is 0 Å². The molecule has 3 rings (SSSR count). The average Bonchev–Trinajstić information content (AvgIpc) is 2.69. The van der Waals surface area contributed by atoms with E-state index < -0.39 is 16.0 Å². The molecule has 0 radical (unpaired) electrons. The Morgan fingerprint density at radius 3 is 2.32 bits per heavy atom. The van der Waals surface area contributed by atoms with Gasteiger partial charge in [-0.2, -0.15) is 0 Å². The number of carboxylic acids is 1. The van der Waals surface area contributed by atoms with Crippen LogP contribution in [0.15, 0.2) is 77.7 Å². The van der Waals surface area contributed by atoms with Crippen molar-refractivity contribution in [2.45, 2.75) is 11.5 Å². The highest BCUT2D eigenvalue weighted by Crippen LogP contribution is 2.31. The zero-order valence-corrected chi connectivity index (χ0v) is 16.1. The molecule has 3 aromatic carbocycles. The zero-order valence-electron chi connectivity index (χ0n) is 14.5. The van der Waals surface area contributed by atoms with E-state index in [1.807, 2.05) is 0 Å². The number of carboxylic acid groups (broad SMARTS) is 1. The van der Waals surface area contributed by atoms with Gasteiger partial charge in [0, 0.05) is 11.1 Å². The van der Waals surface area contributed by atoms with Crippen molar-refractivity contribution in [1.82, 2.24) is 0 Å². The molecule has 0 spiro atoms. The molecule has 0 aliphatic rings. The summed E-state index contributed by atoms with van der Waals surface area (Å²) in [5.41, 5.74) is 1.14. The Bertz CT molecular complexity index is 1080. The second-order valence-corrected chi connectivity index (χ2v) is 7.97. The van der Waals surface area contributed by atoms with Crippen molar-refractivity contribution in [3.63, 3.8) is 0 Å². The van der Waals surface area contributed by atoms with Gasteiger partial charge in [-0.3, -0.25) is 4.72 Å². The van der Waals surface area contributed by atoms with Crippen molar-refractivity contribution in [3.8, 4) is 5.75 Å². The smallest absolute Gasteiger partial charge is 0.335 e. The first-order valence-corrected chi connectivity index (χ1v) is 10.0. The highest BCUT2D eigenvalue weighted by molar-refractivity contribution is 7.92. The Hall–Kier alpha value is -3.03. The van der Waals surface area contributed by atoms with E-state index in [1.165, 1.54) is 36.4 Å². The Morgan fingerprint density at radius 1 is 1.00 bits per heavy atom. The highest BCUT2D eigenvalue weighted by Gasteiger charge is 2.16. The van der Waals surface area contributed by atoms with Gasteiger partial charge in [0.1, 0.15) is 12.4 Å². The Labute approximate surface area is 167 Å². The van der Waals surface area contributed by atoms with Crippen LogP contribution in [0.25, 0.3) is 0 Å². The van der Waals surface area contributed by atoms with Crippen LogP contribution in [-0.2, 0) is 16.6 Å². The second kappa shape index (κ2) is 8.33. The van der Waals surface area contributed by atoms with Crippen LogP contribution in [-0.4, -0.2) is 19.5 Å². The van der Waals surface area contributed by atoms with Gasteiger partial charge >= 0.3 is 5.97 Å². The van der Waals surface area contributed by atoms with Crippen LogP contribution in [0.2, 0.25) is 5.02 Å². The van der Waals surface area contributed by atoms with Crippen LogP contribution in [0.4, 0.5) is 5.69 Å². The lowest BCUT2D eigenvalue weighted by Gasteiger charge is -2.14. The number of ether oxygens (including phenoxy) is 1. The van der Waals surface area contributed by atoms with Gasteiger partial charge in [-0.1, -0.05) is 41.9 Å². The third-order valence-corrected chi connectivity index (χ3v) is 5.45. The number of carbonyl (C=O) groups is 1. The fourth-order valence-corrected chi connectivity index (χ4v) is 3.66. The van der Waals surface area contributed by atoms with Crippen LogP contribution in [0, 0.1) is 0 Å². The molecule has 0 saturated carbocycles. The van der Waals surface area contributed by atoms with Gasteiger partial charge in [0.2, 0.25) is 0 Å². The Morgan fingerprint density at radius 2 is 1.68 bits per heavy atom. The monoisotopic (exact) mass is 417 g/mol. The molecule has 0 atom stereocenters. The van der Waals surface area contributed by atoms with Gasteiger partial charge in [-0.25, -0.2) is 13.2 Å². The number of hydrogen-bond acceptors (Lipinski definition) is 4. The molecular weight excluding hydrogens is 402 g/mol. The number of aromatic carboxylic acids is 1. The predicted molar refractivity (Wildman–Crippen MR) is 106 cm³/mol. The quantitative estimate of drug-likeness (QED) is 0.593. The Kier molecular flexibility index (Phi) is 5.87. The van der Waals surface area contributed by atoms with Crippen molar-refractivity contribution >= 4 is 33.3 Å². The molecule has 0 aliphatic heterocycles. The van der Waals surface area contributed by atoms with E-state index in [0.717, 1.165) is 5.56 Å². The van der Waals surface area contributed by atoms with E-state index in [0.29, 0.717) is 5.02 Å². The first-order valence-electron chi connectivity index (χ1n) is 8.17. The number of rotatable bonds is 7. The van der Waals surface area contributed by atoms with Crippen molar-refractivity contribution in [1.29, 1.82) is 0 Å². The van der Waals surface area contributed by atoms with Crippen LogP contribution in [0.5, 0.6) is 5.75 Å². The molecule has 0 aromatic heterocycles. The normalized spacial score (nSPS) is 11.0. The van der Waals surface area contributed by atoms with Gasteiger partial charge in [-0.05, 0) is 42.0 Å². The summed E-state index contributed by atoms with van der Waals surface area (Å²) >= 11 is 6.02. The highest BCUT2D eigenvalue weighted by atomic mass is 35.5. The van der Waals surface area contributed by atoms with Gasteiger partial charge < -0.3 is 9.84 Å². The third kappa shape index (κ3) is 4.82. The minimum Gasteiger partial charge on any atom is -0.487 e. The van der Waals surface area contributed by atoms with E-state index in [2.05, 4.69) is 4.72 Å². The van der Waals surface area contributed by atoms with Gasteiger partial charge in [0.05, 0.1) is 16.1 Å². The van der Waals surface area contributed by atoms with Gasteiger partial charge in [0.25, 0.3) is 10.0 Å². The second-order valence-electron chi connectivity index (χ2n) is 5.85. The molecular formula is C20H16ClNO5S. The number of sulfonamides is 1. The fraction of sp³-hybridized carbons (Fsp3) is 0.0500. The zero-order chi connectivity index (χ0) is 20.1. The summed E-state index contributed by atoms with van der Waals surface area (Å²) in [4.78, 5) is 11.0. The maximum Gasteiger partial charge on any atom is 0.335 e. The molecule has 28 heavy (non-hydrogen) atoms. The lowest BCUT2D eigenvalue weighted by atomic mass is 10.1. The molecule has 6 nitrogen and oxygen atoms in total. The fourth-order valence-electron chi connectivity index (χ4n) is 2.41. The summed E-state index contributed by atoms with van der Waals surface area (Å²) in [6.45, 7) is 0.111. The minimum absolute atomic E-state index is 0.111. The molecule has 0 unspecified atom stereocenters. The summed E-state index contributed by atoms with van der Waals surface area (Å²) in [5, 5.41) is 9.33. The molecule has 0 saturated heterocycles. The number of hydrogen-bond donors (Lipinski definition) is 2. The first kappa shape index (κ1) is 19.7. The summed E-state index contributed by atoms with van der Waals surface area (Å²) in [6.07, 6.45) is 0. The van der Waals surface area contributed by atoms with Crippen molar-refractivity contribution < 1.29 is 23.1 Å². The van der Waals surface area contributed by atoms with Gasteiger partial charge in [-0.15, -0.1) is 0 Å². The lowest BCUT2D eigenvalue weighted by Crippen LogP contribution is -2.13. The van der Waals surface area contributed by atoms with Gasteiger partial charge in [0.15, 0.2) is 0 Å². The molecule has 0 heterocycles. The molecule has 0 fully saturated rings. The summed E-state index contributed by atoms with van der Waals surface area (Å²) in [7, 11) is -3.79. The number of halogens is 1. The SMILES string of the molecule is O=C(O)c1ccc(COc2cc(Cl)ccc2NS(=O)(=O)c2ccccc2)cc1. The largest absolute Gasteiger partial charge is 0.487 e. The molecule has 0 aliphatic carbocycles. The van der Waals surface area contributed by atoms with E-state index in [1.54, 1.807) is 36.4 Å². The van der Waals surface area contributed by atoms with Crippen LogP contribution in [0.1, 0.15) is 15.9 Å². The van der Waals surface area contributed by atoms with Crippen LogP contribution in [0.3, 0.4) is 0 Å². The molecule has 0 amide bonds. The predicted octanol–water partition coefficient (Wildman–Crippen LogP) is 4.42. The maximum absolute atomic E-state index is 12.6. The third-order valence-electron chi connectivity index (χ3n) is 3.84. The standard InChI is InChI=1S/C20H16ClNO5S/c21-16-10-11-18(22-28(25,26)17-4-2-1-3-5-17)19(12-16)27-13-14-6-8-15(9-7-14)20(23)24/h1-12,22H,13H2,(H,23,24). The van der Waals surface area contributed by atoms with E-state index in [-0.39, 0.29) is 28.5 Å². The van der Waals surface area contributed by atoms with E-state index >= 15 is 0 Å². The topological polar surface area (TPSA) is 92.7 Å². The molecule has 8 heteroatoms. The first-order chi connectivity index (χ1) is 13.3. The number of nitrogens with one attached hydrogen (secondary N) is 1. The van der Waals surface area contributed by atoms with E-state index in [9.17, 15) is 13.2 Å². The summed E-state index contributed by atoms with van der Waals surface area (Å²) < 4.78 is 33.3. The number of anilines is 1. The van der Waals surface area contributed by atoms with Crippen molar-refractivity contribution in [2.75, 3.05) is 4.72 Å². The van der Waals surface area contributed by atoms with Crippen LogP contribution >= 0.6 is 11.6 Å².